The number of thioether (sulfide) groups is 1. The largest absolute Gasteiger partial charge is 0.578 e. The zero-order chi connectivity index (χ0) is 7.61. The van der Waals surface area contributed by atoms with E-state index in [9.17, 15) is 5.21 Å². The van der Waals surface area contributed by atoms with Gasteiger partial charge in [-0.25, -0.2) is 0 Å². The van der Waals surface area contributed by atoms with Gasteiger partial charge in [0, 0.05) is 11.7 Å². The molecule has 60 valence electrons. The van der Waals surface area contributed by atoms with Crippen LogP contribution in [0.5, 0.6) is 0 Å². The summed E-state index contributed by atoms with van der Waals surface area (Å²) in [7, 11) is 0. The summed E-state index contributed by atoms with van der Waals surface area (Å²) in [5, 5.41) is 11.3. The predicted octanol–water partition coefficient (Wildman–Crippen LogP) is 0.242. The van der Waals surface area contributed by atoms with Crippen molar-refractivity contribution >= 4 is 11.8 Å². The van der Waals surface area contributed by atoms with Crippen molar-refractivity contribution in [3.63, 3.8) is 0 Å². The maximum atomic E-state index is 10.9. The van der Waals surface area contributed by atoms with Crippen LogP contribution in [-0.2, 0) is 4.84 Å². The topological polar surface area (TPSA) is 58.3 Å². The highest BCUT2D eigenvalue weighted by atomic mass is 32.2. The Hall–Kier alpha value is 0.190. The Balaban J connectivity index is 2.31. The summed E-state index contributed by atoms with van der Waals surface area (Å²) in [5.41, 5.74) is 0. The van der Waals surface area contributed by atoms with Gasteiger partial charge in [0.05, 0.1) is 0 Å². The number of rotatable bonds is 1. The maximum absolute atomic E-state index is 10.9. The lowest BCUT2D eigenvalue weighted by Crippen LogP contribution is -2.54. The summed E-state index contributed by atoms with van der Waals surface area (Å²) in [4.78, 5) is 3.79. The molecular formula is C5H12N2O2S. The molecule has 1 rings (SSSR count). The fraction of sp³-hybridized carbons (Fsp3) is 1.00. The number of nitrogens with two attached hydrogens (primary N) is 1. The second kappa shape index (κ2) is 3.06. The van der Waals surface area contributed by atoms with Gasteiger partial charge in [-0.05, 0) is 6.26 Å². The Morgan fingerprint density at radius 2 is 2.50 bits per heavy atom. The van der Waals surface area contributed by atoms with E-state index in [4.69, 9.17) is 10.7 Å². The van der Waals surface area contributed by atoms with Gasteiger partial charge in [-0.2, -0.15) is 16.6 Å². The first-order valence-electron chi connectivity index (χ1n) is 3.19. The second-order valence-corrected chi connectivity index (χ2v) is 3.53. The molecule has 5 heteroatoms. The molecule has 2 atom stereocenters. The van der Waals surface area contributed by atoms with Gasteiger partial charge in [0.25, 0.3) is 0 Å². The van der Waals surface area contributed by atoms with Crippen molar-refractivity contribution in [3.05, 3.63) is 5.21 Å². The zero-order valence-corrected chi connectivity index (χ0v) is 6.76. The molecule has 0 bridgehead atoms. The number of nitrogens with zero attached hydrogens (tertiary/aromatic N) is 1. The smallest absolute Gasteiger partial charge is 0.129 e. The molecule has 1 aliphatic rings. The van der Waals surface area contributed by atoms with Crippen LogP contribution in [0.3, 0.4) is 0 Å². The molecule has 0 spiro atoms. The molecule has 1 heterocycles. The first-order valence-corrected chi connectivity index (χ1v) is 4.48. The second-order valence-electron chi connectivity index (χ2n) is 2.39. The molecule has 0 radical (unpaired) electrons. The normalized spacial score (nSPS) is 41.7. The molecule has 2 unspecified atom stereocenters. The molecule has 1 fully saturated rings. The van der Waals surface area contributed by atoms with Crippen LogP contribution in [0.2, 0.25) is 0 Å². The van der Waals surface area contributed by atoms with Crippen LogP contribution in [0.15, 0.2) is 0 Å². The van der Waals surface area contributed by atoms with Crippen LogP contribution in [0.25, 0.3) is 0 Å². The standard InChI is InChI=1S/C5H12N2O2S/c1-10-5-2-3-7(6,8)9-4-5/h5H,2-4,6H2,1H3. The third kappa shape index (κ3) is 2.10. The third-order valence-electron chi connectivity index (χ3n) is 1.58. The van der Waals surface area contributed by atoms with Crippen LogP contribution in [0, 0.1) is 5.21 Å². The third-order valence-corrected chi connectivity index (χ3v) is 2.61. The highest BCUT2D eigenvalue weighted by Gasteiger charge is 2.25. The molecule has 1 aliphatic heterocycles. The minimum absolute atomic E-state index is 0.367. The lowest BCUT2D eigenvalue weighted by atomic mass is 10.3. The molecule has 0 saturated carbocycles. The van der Waals surface area contributed by atoms with E-state index in [1.807, 2.05) is 6.26 Å². The summed E-state index contributed by atoms with van der Waals surface area (Å²) in [6.45, 7) is 0.840. The summed E-state index contributed by atoms with van der Waals surface area (Å²) in [5.74, 6) is 5.15. The van der Waals surface area contributed by atoms with E-state index < -0.39 is 4.92 Å². The molecule has 0 aliphatic carbocycles. The summed E-state index contributed by atoms with van der Waals surface area (Å²) in [6.07, 6.45) is 2.86. The molecule has 1 saturated heterocycles. The van der Waals surface area contributed by atoms with E-state index in [0.717, 1.165) is 6.42 Å². The van der Waals surface area contributed by atoms with Gasteiger partial charge >= 0.3 is 0 Å². The first-order chi connectivity index (χ1) is 4.64. The van der Waals surface area contributed by atoms with Gasteiger partial charge in [-0.1, -0.05) is 0 Å². The Morgan fingerprint density at radius 3 is 2.90 bits per heavy atom. The van der Waals surface area contributed by atoms with Crippen LogP contribution < -0.4 is 5.84 Å². The fourth-order valence-electron chi connectivity index (χ4n) is 0.867. The van der Waals surface area contributed by atoms with E-state index in [1.54, 1.807) is 11.8 Å². The van der Waals surface area contributed by atoms with Crippen LogP contribution in [0.4, 0.5) is 0 Å². The SMILES string of the molecule is CSC1CC[N+](N)([O-])OC1. The van der Waals surface area contributed by atoms with Crippen LogP contribution in [0.1, 0.15) is 6.42 Å². The van der Waals surface area contributed by atoms with Gasteiger partial charge in [0.2, 0.25) is 0 Å². The van der Waals surface area contributed by atoms with Crippen LogP contribution >= 0.6 is 11.8 Å². The summed E-state index contributed by atoms with van der Waals surface area (Å²) in [6, 6.07) is 0. The van der Waals surface area contributed by atoms with Gasteiger partial charge in [0.15, 0.2) is 0 Å². The first kappa shape index (κ1) is 8.29. The molecule has 4 nitrogen and oxygen atoms in total. The van der Waals surface area contributed by atoms with Crippen molar-refractivity contribution in [2.75, 3.05) is 19.4 Å². The van der Waals surface area contributed by atoms with Gasteiger partial charge in [-0.15, -0.1) is 10.8 Å². The molecular weight excluding hydrogens is 152 g/mol. The van der Waals surface area contributed by atoms with Crippen molar-refractivity contribution < 1.29 is 9.76 Å². The fourth-order valence-corrected chi connectivity index (χ4v) is 1.41. The van der Waals surface area contributed by atoms with Gasteiger partial charge in [0.1, 0.15) is 13.2 Å². The summed E-state index contributed by atoms with van der Waals surface area (Å²) >= 11 is 1.72. The van der Waals surface area contributed by atoms with Gasteiger partial charge in [-0.3, -0.25) is 0 Å². The average Bonchev–Trinajstić information content (AvgIpc) is 1.88. The van der Waals surface area contributed by atoms with E-state index in [0.29, 0.717) is 18.4 Å². The van der Waals surface area contributed by atoms with Crippen molar-refractivity contribution in [2.24, 2.45) is 5.84 Å². The molecule has 0 aromatic carbocycles. The molecule has 2 N–H and O–H groups in total. The highest BCUT2D eigenvalue weighted by molar-refractivity contribution is 7.99. The number of quaternary nitrogens is 1. The van der Waals surface area contributed by atoms with Gasteiger partial charge < -0.3 is 5.21 Å². The number of hydrogen-bond donors (Lipinski definition) is 1. The van der Waals surface area contributed by atoms with E-state index in [1.165, 1.54) is 0 Å². The minimum Gasteiger partial charge on any atom is -0.578 e. The lowest BCUT2D eigenvalue weighted by molar-refractivity contribution is -1.08. The Morgan fingerprint density at radius 1 is 1.80 bits per heavy atom. The molecule has 10 heavy (non-hydrogen) atoms. The Bertz CT molecular complexity index is 110. The number of hydroxylamine groups is 2. The molecule has 0 aromatic heterocycles. The Labute approximate surface area is 64.4 Å². The van der Waals surface area contributed by atoms with Crippen molar-refractivity contribution in [1.29, 1.82) is 0 Å². The van der Waals surface area contributed by atoms with E-state index in [2.05, 4.69) is 0 Å². The highest BCUT2D eigenvalue weighted by Crippen LogP contribution is 2.19. The van der Waals surface area contributed by atoms with Crippen LogP contribution in [-0.4, -0.2) is 29.6 Å². The van der Waals surface area contributed by atoms with Crippen molar-refractivity contribution in [3.8, 4) is 0 Å². The van der Waals surface area contributed by atoms with E-state index >= 15 is 0 Å². The molecule has 0 amide bonds. The lowest BCUT2D eigenvalue weighted by Gasteiger charge is -2.38. The Kier molecular flexibility index (Phi) is 2.54. The zero-order valence-electron chi connectivity index (χ0n) is 5.95. The minimum atomic E-state index is -1.02. The average molecular weight is 164 g/mol. The maximum Gasteiger partial charge on any atom is 0.129 e. The van der Waals surface area contributed by atoms with Crippen molar-refractivity contribution in [2.45, 2.75) is 11.7 Å². The van der Waals surface area contributed by atoms with E-state index in [-0.39, 0.29) is 0 Å². The predicted molar refractivity (Wildman–Crippen MR) is 40.6 cm³/mol. The number of hydrogen-bond acceptors (Lipinski definition) is 4. The van der Waals surface area contributed by atoms with Crippen molar-refractivity contribution in [1.82, 2.24) is 0 Å². The summed E-state index contributed by atoms with van der Waals surface area (Å²) < 4.78 is 0. The monoisotopic (exact) mass is 164 g/mol. The molecule has 0 aromatic rings. The quantitative estimate of drug-likeness (QED) is 0.342.